The minimum atomic E-state index is -1.27. The second-order valence-electron chi connectivity index (χ2n) is 4.15. The Morgan fingerprint density at radius 2 is 1.80 bits per heavy atom. The lowest BCUT2D eigenvalue weighted by Gasteiger charge is -2.12. The normalized spacial score (nSPS) is 14.4. The predicted molar refractivity (Wildman–Crippen MR) is 61.9 cm³/mol. The standard InChI is InChI=1S/C11H14FNOS/c1-11(2,3)15(14)13-8-9-4-6-10(12)7-5-9/h4-8H,1-3H3. The first kappa shape index (κ1) is 12.0. The number of hydrogen-bond donors (Lipinski definition) is 0. The van der Waals surface area contributed by atoms with Crippen LogP contribution >= 0.6 is 0 Å². The number of benzene rings is 1. The van der Waals surface area contributed by atoms with Crippen molar-refractivity contribution in [3.63, 3.8) is 0 Å². The molecule has 0 aromatic heterocycles. The molecular weight excluding hydrogens is 213 g/mol. The van der Waals surface area contributed by atoms with Gasteiger partial charge in [0, 0.05) is 6.21 Å². The van der Waals surface area contributed by atoms with Crippen LogP contribution in [0.1, 0.15) is 26.3 Å². The molecule has 2 nitrogen and oxygen atoms in total. The first-order chi connectivity index (χ1) is 6.89. The summed E-state index contributed by atoms with van der Waals surface area (Å²) >= 11 is 0. The molecule has 0 amide bonds. The lowest BCUT2D eigenvalue weighted by molar-refractivity contribution is 0.628. The summed E-state index contributed by atoms with van der Waals surface area (Å²) < 4.78 is 27.7. The van der Waals surface area contributed by atoms with Gasteiger partial charge in [-0.2, -0.15) is 4.40 Å². The molecule has 1 aromatic rings. The van der Waals surface area contributed by atoms with E-state index in [-0.39, 0.29) is 10.6 Å². The average molecular weight is 227 g/mol. The van der Waals surface area contributed by atoms with Crippen molar-refractivity contribution in [3.8, 4) is 0 Å². The second kappa shape index (κ2) is 4.66. The zero-order valence-corrected chi connectivity index (χ0v) is 9.84. The number of nitrogens with zero attached hydrogens (tertiary/aromatic N) is 1. The third-order valence-corrected chi connectivity index (χ3v) is 3.04. The van der Waals surface area contributed by atoms with E-state index < -0.39 is 11.0 Å². The predicted octanol–water partition coefficient (Wildman–Crippen LogP) is 2.71. The van der Waals surface area contributed by atoms with Crippen LogP contribution in [0.5, 0.6) is 0 Å². The lowest BCUT2D eigenvalue weighted by atomic mass is 10.2. The minimum Gasteiger partial charge on any atom is -0.234 e. The van der Waals surface area contributed by atoms with E-state index in [9.17, 15) is 8.60 Å². The molecule has 0 fully saturated rings. The van der Waals surface area contributed by atoms with E-state index in [1.54, 1.807) is 12.1 Å². The van der Waals surface area contributed by atoms with Crippen molar-refractivity contribution < 1.29 is 8.60 Å². The maximum absolute atomic E-state index is 12.6. The Morgan fingerprint density at radius 3 is 2.27 bits per heavy atom. The van der Waals surface area contributed by atoms with Crippen molar-refractivity contribution >= 4 is 17.2 Å². The number of rotatable bonds is 2. The molecule has 1 rings (SSSR count). The third-order valence-electron chi connectivity index (χ3n) is 1.69. The van der Waals surface area contributed by atoms with Gasteiger partial charge in [0.15, 0.2) is 0 Å². The Balaban J connectivity index is 2.74. The largest absolute Gasteiger partial charge is 0.234 e. The highest BCUT2D eigenvalue weighted by atomic mass is 32.2. The van der Waals surface area contributed by atoms with Crippen molar-refractivity contribution in [1.29, 1.82) is 0 Å². The number of halogens is 1. The van der Waals surface area contributed by atoms with Crippen LogP contribution < -0.4 is 0 Å². The molecule has 0 bridgehead atoms. The summed E-state index contributed by atoms with van der Waals surface area (Å²) in [5, 5.41) is 0. The molecule has 0 aliphatic heterocycles. The van der Waals surface area contributed by atoms with Crippen LogP contribution in [0.3, 0.4) is 0 Å². The molecule has 0 aliphatic rings. The molecule has 0 aliphatic carbocycles. The highest BCUT2D eigenvalue weighted by Crippen LogP contribution is 2.12. The highest BCUT2D eigenvalue weighted by molar-refractivity contribution is 7.85. The van der Waals surface area contributed by atoms with Crippen molar-refractivity contribution in [1.82, 2.24) is 0 Å². The van der Waals surface area contributed by atoms with Crippen LogP contribution in [-0.4, -0.2) is 15.2 Å². The molecule has 0 spiro atoms. The average Bonchev–Trinajstić information content (AvgIpc) is 2.15. The fourth-order valence-corrected chi connectivity index (χ4v) is 1.35. The summed E-state index contributed by atoms with van der Waals surface area (Å²) in [5.41, 5.74) is 0.744. The first-order valence-electron chi connectivity index (χ1n) is 4.61. The van der Waals surface area contributed by atoms with Gasteiger partial charge in [-0.05, 0) is 38.5 Å². The lowest BCUT2D eigenvalue weighted by Crippen LogP contribution is -2.19. The summed E-state index contributed by atoms with van der Waals surface area (Å²) in [4.78, 5) is 0. The molecule has 0 radical (unpaired) electrons. The van der Waals surface area contributed by atoms with Gasteiger partial charge < -0.3 is 0 Å². The van der Waals surface area contributed by atoms with Crippen LogP contribution in [0.2, 0.25) is 0 Å². The Kier molecular flexibility index (Phi) is 3.74. The molecule has 1 unspecified atom stereocenters. The molecule has 0 saturated heterocycles. The SMILES string of the molecule is CC(C)(C)S(=O)N=Cc1ccc(F)cc1. The van der Waals surface area contributed by atoms with Gasteiger partial charge >= 0.3 is 0 Å². The van der Waals surface area contributed by atoms with Crippen molar-refractivity contribution in [2.24, 2.45) is 4.40 Å². The maximum atomic E-state index is 12.6. The van der Waals surface area contributed by atoms with Crippen LogP contribution in [0.15, 0.2) is 28.7 Å². The molecule has 15 heavy (non-hydrogen) atoms. The van der Waals surface area contributed by atoms with Crippen molar-refractivity contribution in [2.75, 3.05) is 0 Å². The third kappa shape index (κ3) is 3.91. The Bertz CT molecular complexity index is 379. The first-order valence-corrected chi connectivity index (χ1v) is 5.72. The van der Waals surface area contributed by atoms with Gasteiger partial charge in [-0.1, -0.05) is 12.1 Å². The Morgan fingerprint density at radius 1 is 1.27 bits per heavy atom. The van der Waals surface area contributed by atoms with Crippen LogP contribution in [0.25, 0.3) is 0 Å². The fourth-order valence-electron chi connectivity index (χ4n) is 0.816. The van der Waals surface area contributed by atoms with E-state index in [0.29, 0.717) is 0 Å². The quantitative estimate of drug-likeness (QED) is 0.714. The van der Waals surface area contributed by atoms with E-state index >= 15 is 0 Å². The van der Waals surface area contributed by atoms with E-state index in [1.165, 1.54) is 18.3 Å². The summed E-state index contributed by atoms with van der Waals surface area (Å²) in [7, 11) is -1.27. The zero-order valence-electron chi connectivity index (χ0n) is 9.03. The topological polar surface area (TPSA) is 29.4 Å². The van der Waals surface area contributed by atoms with E-state index in [2.05, 4.69) is 4.40 Å². The Labute approximate surface area is 91.8 Å². The van der Waals surface area contributed by atoms with Gasteiger partial charge in [0.1, 0.15) is 16.8 Å². The molecule has 82 valence electrons. The molecule has 0 N–H and O–H groups in total. The highest BCUT2D eigenvalue weighted by Gasteiger charge is 2.17. The van der Waals surface area contributed by atoms with Gasteiger partial charge in [0.05, 0.1) is 4.75 Å². The molecular formula is C11H14FNOS. The monoisotopic (exact) mass is 227 g/mol. The zero-order chi connectivity index (χ0) is 11.5. The van der Waals surface area contributed by atoms with Crippen LogP contribution in [0, 0.1) is 5.82 Å². The van der Waals surface area contributed by atoms with Gasteiger partial charge in [-0.15, -0.1) is 0 Å². The molecule has 0 heterocycles. The number of hydrogen-bond acceptors (Lipinski definition) is 1. The smallest absolute Gasteiger partial charge is 0.144 e. The van der Waals surface area contributed by atoms with Gasteiger partial charge in [0.2, 0.25) is 0 Å². The summed E-state index contributed by atoms with van der Waals surface area (Å²) in [6, 6.07) is 5.89. The minimum absolute atomic E-state index is 0.288. The van der Waals surface area contributed by atoms with Gasteiger partial charge in [-0.25, -0.2) is 8.60 Å². The van der Waals surface area contributed by atoms with Crippen molar-refractivity contribution in [3.05, 3.63) is 35.6 Å². The van der Waals surface area contributed by atoms with Gasteiger partial charge in [0.25, 0.3) is 0 Å². The second-order valence-corrected chi connectivity index (χ2v) is 6.08. The van der Waals surface area contributed by atoms with Crippen LogP contribution in [0.4, 0.5) is 4.39 Å². The maximum Gasteiger partial charge on any atom is 0.144 e. The van der Waals surface area contributed by atoms with E-state index in [4.69, 9.17) is 0 Å². The molecule has 1 aromatic carbocycles. The van der Waals surface area contributed by atoms with Crippen LogP contribution in [-0.2, 0) is 11.0 Å². The van der Waals surface area contributed by atoms with E-state index in [1.807, 2.05) is 20.8 Å². The molecule has 4 heteroatoms. The Hall–Kier alpha value is -1.03. The molecule has 0 saturated carbocycles. The van der Waals surface area contributed by atoms with Crippen molar-refractivity contribution in [2.45, 2.75) is 25.5 Å². The molecule has 1 atom stereocenters. The van der Waals surface area contributed by atoms with Gasteiger partial charge in [-0.3, -0.25) is 0 Å². The summed E-state index contributed by atoms with van der Waals surface area (Å²) in [6.07, 6.45) is 1.50. The summed E-state index contributed by atoms with van der Waals surface area (Å²) in [5.74, 6) is -0.288. The fraction of sp³-hybridized carbons (Fsp3) is 0.364. The summed E-state index contributed by atoms with van der Waals surface area (Å²) in [6.45, 7) is 5.56. The van der Waals surface area contributed by atoms with E-state index in [0.717, 1.165) is 5.56 Å².